The molecule has 0 bridgehead atoms. The van der Waals surface area contributed by atoms with E-state index >= 15 is 0 Å². The minimum absolute atomic E-state index is 0.759. The Hall–Kier alpha value is -0.770. The van der Waals surface area contributed by atoms with E-state index in [2.05, 4.69) is 35.6 Å². The molecule has 1 aliphatic rings. The van der Waals surface area contributed by atoms with Crippen molar-refractivity contribution in [2.75, 3.05) is 39.3 Å². The fourth-order valence-corrected chi connectivity index (χ4v) is 2.52. The van der Waals surface area contributed by atoms with E-state index in [9.17, 15) is 0 Å². The van der Waals surface area contributed by atoms with Crippen molar-refractivity contribution in [2.24, 2.45) is 16.6 Å². The molecule has 0 atom stereocenters. The maximum atomic E-state index is 6.05. The number of nitrogens with zero attached hydrogens (tertiary/aromatic N) is 3. The summed E-state index contributed by atoms with van der Waals surface area (Å²) in [5.41, 5.74) is 6.05. The van der Waals surface area contributed by atoms with E-state index in [0.717, 1.165) is 51.0 Å². The first-order chi connectivity index (χ1) is 9.17. The topological polar surface area (TPSA) is 44.9 Å². The fourth-order valence-electron chi connectivity index (χ4n) is 2.52. The smallest absolute Gasteiger partial charge is 0.191 e. The minimum atomic E-state index is 0.759. The number of rotatable bonds is 7. The number of unbranched alkanes of at least 4 members (excludes halogenated alkanes) is 1. The lowest BCUT2D eigenvalue weighted by Gasteiger charge is -2.31. The van der Waals surface area contributed by atoms with E-state index in [-0.39, 0.29) is 0 Å². The minimum Gasteiger partial charge on any atom is -0.370 e. The summed E-state index contributed by atoms with van der Waals surface area (Å²) in [6.45, 7) is 13.3. The number of guanidine groups is 1. The Morgan fingerprint density at radius 1 is 1.21 bits per heavy atom. The summed E-state index contributed by atoms with van der Waals surface area (Å²) < 4.78 is 0. The number of hydrogen-bond acceptors (Lipinski definition) is 2. The lowest BCUT2D eigenvalue weighted by atomic mass is 10.00. The van der Waals surface area contributed by atoms with Crippen LogP contribution in [0.1, 0.15) is 46.5 Å². The monoisotopic (exact) mass is 268 g/mol. The Kier molecular flexibility index (Phi) is 7.87. The summed E-state index contributed by atoms with van der Waals surface area (Å²) in [6, 6.07) is 0. The Labute approximate surface area is 119 Å². The Bertz CT molecular complexity index is 253. The van der Waals surface area contributed by atoms with Gasteiger partial charge in [0.1, 0.15) is 0 Å². The molecule has 0 spiro atoms. The van der Waals surface area contributed by atoms with Crippen LogP contribution in [0.2, 0.25) is 0 Å². The van der Waals surface area contributed by atoms with Crippen molar-refractivity contribution in [3.63, 3.8) is 0 Å². The van der Waals surface area contributed by atoms with E-state index in [0.29, 0.717) is 0 Å². The maximum absolute atomic E-state index is 6.05. The van der Waals surface area contributed by atoms with Gasteiger partial charge in [0, 0.05) is 19.6 Å². The predicted octanol–water partition coefficient (Wildman–Crippen LogP) is 2.16. The lowest BCUT2D eigenvalue weighted by Crippen LogP contribution is -2.42. The molecule has 4 nitrogen and oxygen atoms in total. The Morgan fingerprint density at radius 2 is 1.84 bits per heavy atom. The van der Waals surface area contributed by atoms with Gasteiger partial charge in [0.2, 0.25) is 0 Å². The number of nitrogens with two attached hydrogens (primary N) is 1. The molecule has 0 aromatic heterocycles. The van der Waals surface area contributed by atoms with Gasteiger partial charge in [-0.15, -0.1) is 0 Å². The van der Waals surface area contributed by atoms with Gasteiger partial charge in [-0.05, 0) is 51.2 Å². The summed E-state index contributed by atoms with van der Waals surface area (Å²) in [6.07, 6.45) is 4.85. The molecule has 0 radical (unpaired) electrons. The van der Waals surface area contributed by atoms with Crippen LogP contribution in [0.3, 0.4) is 0 Å². The van der Waals surface area contributed by atoms with E-state index in [1.165, 1.54) is 25.8 Å². The van der Waals surface area contributed by atoms with Gasteiger partial charge in [0.05, 0.1) is 0 Å². The number of likely N-dealkylation sites (tertiary alicyclic amines) is 1. The SMILES string of the molecule is CCN(CC)CCCCN=C(N)N1CCC(C)CC1. The lowest BCUT2D eigenvalue weighted by molar-refractivity contribution is 0.277. The van der Waals surface area contributed by atoms with Crippen molar-refractivity contribution in [3.05, 3.63) is 0 Å². The molecular weight excluding hydrogens is 236 g/mol. The van der Waals surface area contributed by atoms with Gasteiger partial charge in [-0.1, -0.05) is 20.8 Å². The molecule has 1 aliphatic heterocycles. The third kappa shape index (κ3) is 6.28. The van der Waals surface area contributed by atoms with E-state index in [1.54, 1.807) is 0 Å². The van der Waals surface area contributed by atoms with Crippen molar-refractivity contribution in [3.8, 4) is 0 Å². The highest BCUT2D eigenvalue weighted by molar-refractivity contribution is 5.78. The second kappa shape index (κ2) is 9.18. The molecule has 19 heavy (non-hydrogen) atoms. The molecule has 112 valence electrons. The van der Waals surface area contributed by atoms with E-state index < -0.39 is 0 Å². The van der Waals surface area contributed by atoms with Crippen molar-refractivity contribution in [1.29, 1.82) is 0 Å². The highest BCUT2D eigenvalue weighted by Crippen LogP contribution is 2.15. The first-order valence-electron chi connectivity index (χ1n) is 7.94. The molecule has 2 N–H and O–H groups in total. The summed E-state index contributed by atoms with van der Waals surface area (Å²) >= 11 is 0. The van der Waals surface area contributed by atoms with Crippen LogP contribution < -0.4 is 5.73 Å². The fraction of sp³-hybridized carbons (Fsp3) is 0.933. The van der Waals surface area contributed by atoms with E-state index in [1.807, 2.05) is 0 Å². The van der Waals surface area contributed by atoms with Gasteiger partial charge in [-0.25, -0.2) is 0 Å². The molecular formula is C15H32N4. The van der Waals surface area contributed by atoms with Crippen LogP contribution in [0.5, 0.6) is 0 Å². The number of piperidine rings is 1. The average Bonchev–Trinajstić information content (AvgIpc) is 2.43. The van der Waals surface area contributed by atoms with Crippen molar-refractivity contribution in [1.82, 2.24) is 9.80 Å². The van der Waals surface area contributed by atoms with Gasteiger partial charge in [0.15, 0.2) is 5.96 Å². The van der Waals surface area contributed by atoms with Gasteiger partial charge in [-0.2, -0.15) is 0 Å². The van der Waals surface area contributed by atoms with Crippen LogP contribution >= 0.6 is 0 Å². The first-order valence-corrected chi connectivity index (χ1v) is 7.94. The highest BCUT2D eigenvalue weighted by Gasteiger charge is 2.16. The molecule has 1 fully saturated rings. The highest BCUT2D eigenvalue weighted by atomic mass is 15.3. The van der Waals surface area contributed by atoms with Gasteiger partial charge in [-0.3, -0.25) is 4.99 Å². The van der Waals surface area contributed by atoms with Crippen molar-refractivity contribution < 1.29 is 0 Å². The molecule has 1 rings (SSSR count). The van der Waals surface area contributed by atoms with Gasteiger partial charge >= 0.3 is 0 Å². The van der Waals surface area contributed by atoms with Crippen LogP contribution in [0.25, 0.3) is 0 Å². The molecule has 0 aliphatic carbocycles. The molecule has 4 heteroatoms. The Balaban J connectivity index is 2.14. The van der Waals surface area contributed by atoms with Crippen LogP contribution in [0, 0.1) is 5.92 Å². The maximum Gasteiger partial charge on any atom is 0.191 e. The predicted molar refractivity (Wildman–Crippen MR) is 83.5 cm³/mol. The third-order valence-electron chi connectivity index (χ3n) is 4.16. The third-order valence-corrected chi connectivity index (χ3v) is 4.16. The standard InChI is InChI=1S/C15H32N4/c1-4-18(5-2)11-7-6-10-17-15(16)19-12-8-14(3)9-13-19/h14H,4-13H2,1-3H3,(H2,16,17). The van der Waals surface area contributed by atoms with Crippen molar-refractivity contribution >= 4 is 5.96 Å². The Morgan fingerprint density at radius 3 is 2.42 bits per heavy atom. The molecule has 1 heterocycles. The summed E-state index contributed by atoms with van der Waals surface area (Å²) in [5, 5.41) is 0. The molecule has 0 aromatic carbocycles. The van der Waals surface area contributed by atoms with Gasteiger partial charge in [0.25, 0.3) is 0 Å². The van der Waals surface area contributed by atoms with E-state index in [4.69, 9.17) is 5.73 Å². The zero-order valence-corrected chi connectivity index (χ0v) is 13.1. The number of hydrogen-bond donors (Lipinski definition) is 1. The largest absolute Gasteiger partial charge is 0.370 e. The zero-order valence-electron chi connectivity index (χ0n) is 13.1. The molecule has 1 saturated heterocycles. The quantitative estimate of drug-likeness (QED) is 0.437. The van der Waals surface area contributed by atoms with Crippen LogP contribution in [0.15, 0.2) is 4.99 Å². The molecule has 0 saturated carbocycles. The normalized spacial score (nSPS) is 18.3. The zero-order chi connectivity index (χ0) is 14.1. The molecule has 0 unspecified atom stereocenters. The van der Waals surface area contributed by atoms with Crippen molar-refractivity contribution in [2.45, 2.75) is 46.5 Å². The summed E-state index contributed by atoms with van der Waals surface area (Å²) in [7, 11) is 0. The van der Waals surface area contributed by atoms with Crippen LogP contribution in [0.4, 0.5) is 0 Å². The molecule has 0 amide bonds. The number of aliphatic imine (C=N–C) groups is 1. The first kappa shape index (κ1) is 16.3. The van der Waals surface area contributed by atoms with Gasteiger partial charge < -0.3 is 15.5 Å². The molecule has 0 aromatic rings. The second-order valence-corrected chi connectivity index (χ2v) is 5.64. The average molecular weight is 268 g/mol. The summed E-state index contributed by atoms with van der Waals surface area (Å²) in [4.78, 5) is 9.22. The second-order valence-electron chi connectivity index (χ2n) is 5.64. The summed E-state index contributed by atoms with van der Waals surface area (Å²) in [5.74, 6) is 1.60. The van der Waals surface area contributed by atoms with Crippen LogP contribution in [-0.2, 0) is 0 Å². The van der Waals surface area contributed by atoms with Crippen LogP contribution in [-0.4, -0.2) is 55.0 Å².